The van der Waals surface area contributed by atoms with E-state index in [4.69, 9.17) is 0 Å². The molecule has 1 rings (SSSR count). The van der Waals surface area contributed by atoms with Gasteiger partial charge in [-0.2, -0.15) is 11.8 Å². The lowest BCUT2D eigenvalue weighted by Gasteiger charge is -2.21. The summed E-state index contributed by atoms with van der Waals surface area (Å²) >= 11 is 2.11. The van der Waals surface area contributed by atoms with Gasteiger partial charge in [0.1, 0.15) is 0 Å². The number of rotatable bonds is 2. The maximum atomic E-state index is 2.54. The molecule has 0 amide bonds. The summed E-state index contributed by atoms with van der Waals surface area (Å²) in [6.45, 7) is 10.4. The van der Waals surface area contributed by atoms with Crippen molar-refractivity contribution in [3.8, 4) is 0 Å². The van der Waals surface area contributed by atoms with Gasteiger partial charge >= 0.3 is 0 Å². The molecule has 13 heavy (non-hydrogen) atoms. The predicted octanol–water partition coefficient (Wildman–Crippen LogP) is 2.78. The summed E-state index contributed by atoms with van der Waals surface area (Å²) in [5.74, 6) is 1.28. The molecule has 1 aliphatic rings. The van der Waals surface area contributed by atoms with Crippen molar-refractivity contribution in [3.05, 3.63) is 12.2 Å². The van der Waals surface area contributed by atoms with Crippen LogP contribution in [0.1, 0.15) is 27.2 Å². The average molecular weight is 199 g/mol. The monoisotopic (exact) mass is 199 g/mol. The maximum absolute atomic E-state index is 2.54. The third-order valence-electron chi connectivity index (χ3n) is 2.53. The topological polar surface area (TPSA) is 3.24 Å². The van der Waals surface area contributed by atoms with Crippen molar-refractivity contribution in [3.63, 3.8) is 0 Å². The van der Waals surface area contributed by atoms with Crippen molar-refractivity contribution in [2.75, 3.05) is 25.4 Å². The second kappa shape index (κ2) is 5.06. The first-order chi connectivity index (χ1) is 6.14. The normalized spacial score (nSPS) is 24.8. The standard InChI is InChI=1S/C11H21NS/c1-4-5-7-12-8-6-11(2,3)13-10-9-12/h4-5H,6-10H2,1-3H3/b5-4+. The van der Waals surface area contributed by atoms with Gasteiger partial charge in [-0.25, -0.2) is 0 Å². The largest absolute Gasteiger partial charge is 0.299 e. The highest BCUT2D eigenvalue weighted by Crippen LogP contribution is 2.30. The van der Waals surface area contributed by atoms with E-state index in [1.165, 1.54) is 25.3 Å². The lowest BCUT2D eigenvalue weighted by molar-refractivity contribution is 0.313. The molecule has 1 heterocycles. The van der Waals surface area contributed by atoms with Crippen LogP contribution in [0.25, 0.3) is 0 Å². The molecule has 1 nitrogen and oxygen atoms in total. The molecule has 0 spiro atoms. The summed E-state index contributed by atoms with van der Waals surface area (Å²) < 4.78 is 0.491. The number of hydrogen-bond donors (Lipinski definition) is 0. The Kier molecular flexibility index (Phi) is 4.33. The second-order valence-corrected chi connectivity index (χ2v) is 6.03. The molecule has 0 atom stereocenters. The minimum atomic E-state index is 0.491. The molecule has 0 saturated carbocycles. The molecule has 76 valence electrons. The summed E-state index contributed by atoms with van der Waals surface area (Å²) in [6, 6.07) is 0. The average Bonchev–Trinajstić information content (AvgIpc) is 2.23. The van der Waals surface area contributed by atoms with Gasteiger partial charge in [0.25, 0.3) is 0 Å². The Hall–Kier alpha value is 0.0500. The first-order valence-electron chi connectivity index (χ1n) is 5.11. The molecule has 1 saturated heterocycles. The molecule has 1 aliphatic heterocycles. The fourth-order valence-corrected chi connectivity index (χ4v) is 2.64. The Labute approximate surface area is 86.6 Å². The maximum Gasteiger partial charge on any atom is 0.0163 e. The molecule has 0 N–H and O–H groups in total. The van der Waals surface area contributed by atoms with Crippen LogP contribution in [0.3, 0.4) is 0 Å². The zero-order valence-corrected chi connectivity index (χ0v) is 9.86. The lowest BCUT2D eigenvalue weighted by Crippen LogP contribution is -2.27. The SMILES string of the molecule is C/C=C/CN1CCSC(C)(C)CC1. The summed E-state index contributed by atoms with van der Waals surface area (Å²) in [6.07, 6.45) is 5.71. The van der Waals surface area contributed by atoms with Crippen molar-refractivity contribution < 1.29 is 0 Å². The zero-order valence-electron chi connectivity index (χ0n) is 9.05. The summed E-state index contributed by atoms with van der Waals surface area (Å²) in [7, 11) is 0. The molecule has 0 aromatic heterocycles. The zero-order chi connectivity index (χ0) is 9.73. The van der Waals surface area contributed by atoms with Crippen LogP contribution in [0.4, 0.5) is 0 Å². The van der Waals surface area contributed by atoms with Crippen LogP contribution in [-0.2, 0) is 0 Å². The summed E-state index contributed by atoms with van der Waals surface area (Å²) in [5.41, 5.74) is 0. The van der Waals surface area contributed by atoms with Gasteiger partial charge in [-0.1, -0.05) is 26.0 Å². The molecule has 2 heteroatoms. The molecule has 1 fully saturated rings. The first-order valence-corrected chi connectivity index (χ1v) is 6.10. The first kappa shape index (κ1) is 11.1. The van der Waals surface area contributed by atoms with Crippen LogP contribution in [0, 0.1) is 0 Å². The van der Waals surface area contributed by atoms with Crippen LogP contribution < -0.4 is 0 Å². The van der Waals surface area contributed by atoms with Crippen LogP contribution in [0.2, 0.25) is 0 Å². The van der Waals surface area contributed by atoms with Crippen LogP contribution in [0.15, 0.2) is 12.2 Å². The van der Waals surface area contributed by atoms with E-state index in [1.807, 2.05) is 0 Å². The predicted molar refractivity (Wildman–Crippen MR) is 62.4 cm³/mol. The molecule has 0 aromatic rings. The Morgan fingerprint density at radius 2 is 2.15 bits per heavy atom. The van der Waals surface area contributed by atoms with E-state index >= 15 is 0 Å². The summed E-state index contributed by atoms with van der Waals surface area (Å²) in [4.78, 5) is 2.54. The van der Waals surface area contributed by atoms with Gasteiger partial charge in [-0.05, 0) is 19.9 Å². The smallest absolute Gasteiger partial charge is 0.0163 e. The molecule has 0 radical (unpaired) electrons. The van der Waals surface area contributed by atoms with E-state index in [1.54, 1.807) is 0 Å². The highest BCUT2D eigenvalue weighted by Gasteiger charge is 2.22. The van der Waals surface area contributed by atoms with E-state index < -0.39 is 0 Å². The van der Waals surface area contributed by atoms with Crippen molar-refractivity contribution in [2.24, 2.45) is 0 Å². The minimum Gasteiger partial charge on any atom is -0.299 e. The van der Waals surface area contributed by atoms with Crippen molar-refractivity contribution in [1.82, 2.24) is 4.90 Å². The number of thioether (sulfide) groups is 1. The van der Waals surface area contributed by atoms with Gasteiger partial charge in [0.05, 0.1) is 0 Å². The molecule has 0 aliphatic carbocycles. The van der Waals surface area contributed by atoms with Crippen molar-refractivity contribution >= 4 is 11.8 Å². The van der Waals surface area contributed by atoms with Crippen LogP contribution in [0.5, 0.6) is 0 Å². The highest BCUT2D eigenvalue weighted by atomic mass is 32.2. The summed E-state index contributed by atoms with van der Waals surface area (Å²) in [5, 5.41) is 0. The van der Waals surface area contributed by atoms with E-state index in [0.29, 0.717) is 4.75 Å². The molecule has 0 aromatic carbocycles. The van der Waals surface area contributed by atoms with Crippen LogP contribution >= 0.6 is 11.8 Å². The lowest BCUT2D eigenvalue weighted by atomic mass is 10.1. The van der Waals surface area contributed by atoms with Crippen molar-refractivity contribution in [1.29, 1.82) is 0 Å². The third-order valence-corrected chi connectivity index (χ3v) is 3.90. The molecular formula is C11H21NS. The third kappa shape index (κ3) is 4.19. The van der Waals surface area contributed by atoms with Gasteiger partial charge < -0.3 is 0 Å². The molecule has 0 unspecified atom stereocenters. The van der Waals surface area contributed by atoms with Gasteiger partial charge in [0, 0.05) is 23.6 Å². The second-order valence-electron chi connectivity index (χ2n) is 4.23. The van der Waals surface area contributed by atoms with E-state index in [9.17, 15) is 0 Å². The quantitative estimate of drug-likeness (QED) is 0.629. The Morgan fingerprint density at radius 1 is 1.38 bits per heavy atom. The fourth-order valence-electron chi connectivity index (χ4n) is 1.50. The number of allylic oxidation sites excluding steroid dienone is 1. The highest BCUT2D eigenvalue weighted by molar-refractivity contribution is 8.00. The van der Waals surface area contributed by atoms with Gasteiger partial charge in [0.2, 0.25) is 0 Å². The number of nitrogens with zero attached hydrogens (tertiary/aromatic N) is 1. The fraction of sp³-hybridized carbons (Fsp3) is 0.818. The Morgan fingerprint density at radius 3 is 2.85 bits per heavy atom. The van der Waals surface area contributed by atoms with Crippen LogP contribution in [-0.4, -0.2) is 35.0 Å². The minimum absolute atomic E-state index is 0.491. The van der Waals surface area contributed by atoms with E-state index in [-0.39, 0.29) is 0 Å². The van der Waals surface area contributed by atoms with Crippen molar-refractivity contribution in [2.45, 2.75) is 31.9 Å². The van der Waals surface area contributed by atoms with E-state index in [2.05, 4.69) is 49.6 Å². The van der Waals surface area contributed by atoms with Gasteiger partial charge in [-0.15, -0.1) is 0 Å². The Bertz CT molecular complexity index is 175. The van der Waals surface area contributed by atoms with Gasteiger partial charge in [0.15, 0.2) is 0 Å². The van der Waals surface area contributed by atoms with E-state index in [0.717, 1.165) is 6.54 Å². The molecule has 0 bridgehead atoms. The number of hydrogen-bond acceptors (Lipinski definition) is 2. The Balaban J connectivity index is 2.36. The molecular weight excluding hydrogens is 178 g/mol. The van der Waals surface area contributed by atoms with Gasteiger partial charge in [-0.3, -0.25) is 4.90 Å².